The van der Waals surface area contributed by atoms with Crippen LogP contribution < -0.4 is 0 Å². The Morgan fingerprint density at radius 1 is 1.54 bits per heavy atom. The van der Waals surface area contributed by atoms with Crippen molar-refractivity contribution >= 4 is 5.97 Å². The SMILES string of the molecule is COC(=O)C[C@@H](O)CCC=C(C)C. The number of ether oxygens (including phenoxy) is 1. The van der Waals surface area contributed by atoms with Gasteiger partial charge in [-0.2, -0.15) is 0 Å². The highest BCUT2D eigenvalue weighted by Gasteiger charge is 2.09. The number of aliphatic hydroxyl groups is 1. The molecule has 1 atom stereocenters. The van der Waals surface area contributed by atoms with Gasteiger partial charge in [-0.05, 0) is 26.7 Å². The number of esters is 1. The molecule has 0 aromatic rings. The summed E-state index contributed by atoms with van der Waals surface area (Å²) in [5.74, 6) is -0.357. The molecule has 0 fully saturated rings. The average Bonchev–Trinajstić information content (AvgIpc) is 2.03. The summed E-state index contributed by atoms with van der Waals surface area (Å²) < 4.78 is 4.43. The maximum atomic E-state index is 10.7. The van der Waals surface area contributed by atoms with Crippen molar-refractivity contribution in [2.24, 2.45) is 0 Å². The number of hydrogen-bond donors (Lipinski definition) is 1. The Kier molecular flexibility index (Phi) is 6.24. The van der Waals surface area contributed by atoms with Crippen LogP contribution in [0.15, 0.2) is 11.6 Å². The van der Waals surface area contributed by atoms with E-state index in [0.717, 1.165) is 6.42 Å². The second-order valence-electron chi connectivity index (χ2n) is 3.29. The van der Waals surface area contributed by atoms with E-state index >= 15 is 0 Å². The van der Waals surface area contributed by atoms with Gasteiger partial charge in [0.25, 0.3) is 0 Å². The number of hydrogen-bond acceptors (Lipinski definition) is 3. The average molecular weight is 186 g/mol. The Hall–Kier alpha value is -0.830. The molecule has 0 saturated heterocycles. The molecule has 0 amide bonds. The molecular formula is C10H18O3. The Balaban J connectivity index is 3.57. The van der Waals surface area contributed by atoms with Gasteiger partial charge < -0.3 is 9.84 Å². The standard InChI is InChI=1S/C10H18O3/c1-8(2)5-4-6-9(11)7-10(12)13-3/h5,9,11H,4,6-7H2,1-3H3/t9-/m0/s1. The van der Waals surface area contributed by atoms with Crippen molar-refractivity contribution in [3.8, 4) is 0 Å². The topological polar surface area (TPSA) is 46.5 Å². The van der Waals surface area contributed by atoms with Crippen LogP contribution in [0.5, 0.6) is 0 Å². The molecule has 13 heavy (non-hydrogen) atoms. The summed E-state index contributed by atoms with van der Waals surface area (Å²) >= 11 is 0. The van der Waals surface area contributed by atoms with Crippen LogP contribution in [0, 0.1) is 0 Å². The third-order valence-corrected chi connectivity index (χ3v) is 1.68. The minimum atomic E-state index is -0.581. The molecule has 0 aliphatic carbocycles. The van der Waals surface area contributed by atoms with E-state index in [0.29, 0.717) is 6.42 Å². The molecule has 0 rings (SSSR count). The normalized spacial score (nSPS) is 12.0. The predicted molar refractivity (Wildman–Crippen MR) is 51.3 cm³/mol. The molecular weight excluding hydrogens is 168 g/mol. The van der Waals surface area contributed by atoms with Crippen LogP contribution >= 0.6 is 0 Å². The van der Waals surface area contributed by atoms with Gasteiger partial charge in [-0.15, -0.1) is 0 Å². The Morgan fingerprint density at radius 3 is 2.62 bits per heavy atom. The van der Waals surface area contributed by atoms with Gasteiger partial charge in [-0.25, -0.2) is 0 Å². The fourth-order valence-corrected chi connectivity index (χ4v) is 0.942. The number of allylic oxidation sites excluding steroid dienone is 2. The largest absolute Gasteiger partial charge is 0.469 e. The highest BCUT2D eigenvalue weighted by atomic mass is 16.5. The van der Waals surface area contributed by atoms with Crippen molar-refractivity contribution < 1.29 is 14.6 Å². The molecule has 1 N–H and O–H groups in total. The lowest BCUT2D eigenvalue weighted by Crippen LogP contribution is -2.14. The van der Waals surface area contributed by atoms with E-state index in [4.69, 9.17) is 0 Å². The second-order valence-corrected chi connectivity index (χ2v) is 3.29. The number of carbonyl (C=O) groups excluding carboxylic acids is 1. The molecule has 0 aliphatic heterocycles. The fraction of sp³-hybridized carbons (Fsp3) is 0.700. The first-order valence-corrected chi connectivity index (χ1v) is 4.44. The van der Waals surface area contributed by atoms with Gasteiger partial charge in [0.1, 0.15) is 0 Å². The second kappa shape index (κ2) is 6.66. The van der Waals surface area contributed by atoms with Crippen molar-refractivity contribution in [3.05, 3.63) is 11.6 Å². The third kappa shape index (κ3) is 7.53. The van der Waals surface area contributed by atoms with E-state index in [1.807, 2.05) is 19.9 Å². The summed E-state index contributed by atoms with van der Waals surface area (Å²) in [7, 11) is 1.32. The van der Waals surface area contributed by atoms with Gasteiger partial charge in [0, 0.05) is 0 Å². The first kappa shape index (κ1) is 12.2. The van der Waals surface area contributed by atoms with Crippen molar-refractivity contribution in [3.63, 3.8) is 0 Å². The van der Waals surface area contributed by atoms with Crippen LogP contribution in [-0.4, -0.2) is 24.3 Å². The third-order valence-electron chi connectivity index (χ3n) is 1.68. The van der Waals surface area contributed by atoms with Gasteiger partial charge in [-0.1, -0.05) is 11.6 Å². The van der Waals surface area contributed by atoms with Gasteiger partial charge in [0.2, 0.25) is 0 Å². The van der Waals surface area contributed by atoms with Crippen molar-refractivity contribution in [1.82, 2.24) is 0 Å². The smallest absolute Gasteiger partial charge is 0.308 e. The monoisotopic (exact) mass is 186 g/mol. The first-order chi connectivity index (χ1) is 6.06. The molecule has 0 unspecified atom stereocenters. The van der Waals surface area contributed by atoms with E-state index in [-0.39, 0.29) is 12.4 Å². The van der Waals surface area contributed by atoms with E-state index in [1.54, 1.807) is 0 Å². The summed E-state index contributed by atoms with van der Waals surface area (Å²) in [5, 5.41) is 9.33. The molecule has 3 nitrogen and oxygen atoms in total. The molecule has 0 aromatic heterocycles. The van der Waals surface area contributed by atoms with Crippen LogP contribution in [0.3, 0.4) is 0 Å². The molecule has 0 heterocycles. The first-order valence-electron chi connectivity index (χ1n) is 4.44. The van der Waals surface area contributed by atoms with Crippen LogP contribution in [0.25, 0.3) is 0 Å². The Bertz CT molecular complexity index is 181. The number of carbonyl (C=O) groups is 1. The predicted octanol–water partition coefficient (Wildman–Crippen LogP) is 1.66. The van der Waals surface area contributed by atoms with Gasteiger partial charge in [-0.3, -0.25) is 4.79 Å². The zero-order valence-corrected chi connectivity index (χ0v) is 8.54. The number of aliphatic hydroxyl groups excluding tert-OH is 1. The number of methoxy groups -OCH3 is 1. The molecule has 76 valence electrons. The van der Waals surface area contributed by atoms with Crippen LogP contribution in [-0.2, 0) is 9.53 Å². The van der Waals surface area contributed by atoms with Crippen molar-refractivity contribution in [1.29, 1.82) is 0 Å². The van der Waals surface area contributed by atoms with E-state index in [1.165, 1.54) is 12.7 Å². The summed E-state index contributed by atoms with van der Waals surface area (Å²) in [6, 6.07) is 0. The van der Waals surface area contributed by atoms with E-state index in [2.05, 4.69) is 4.74 Å². The highest BCUT2D eigenvalue weighted by Crippen LogP contribution is 2.05. The van der Waals surface area contributed by atoms with Crippen molar-refractivity contribution in [2.75, 3.05) is 7.11 Å². The molecule has 0 aliphatic rings. The number of rotatable bonds is 5. The minimum absolute atomic E-state index is 0.0904. The highest BCUT2D eigenvalue weighted by molar-refractivity contribution is 5.69. The van der Waals surface area contributed by atoms with Crippen LogP contribution in [0.2, 0.25) is 0 Å². The molecule has 0 bridgehead atoms. The van der Waals surface area contributed by atoms with Crippen LogP contribution in [0.4, 0.5) is 0 Å². The fourth-order valence-electron chi connectivity index (χ4n) is 0.942. The summed E-state index contributed by atoms with van der Waals surface area (Å²) in [4.78, 5) is 10.7. The molecule has 0 saturated carbocycles. The lowest BCUT2D eigenvalue weighted by Gasteiger charge is -2.06. The summed E-state index contributed by atoms with van der Waals surface area (Å²) in [6.07, 6.45) is 2.97. The molecule has 0 aromatic carbocycles. The van der Waals surface area contributed by atoms with Gasteiger partial charge in [0.15, 0.2) is 0 Å². The van der Waals surface area contributed by atoms with E-state index in [9.17, 15) is 9.90 Å². The minimum Gasteiger partial charge on any atom is -0.469 e. The molecule has 0 radical (unpaired) electrons. The maximum Gasteiger partial charge on any atom is 0.308 e. The molecule has 0 spiro atoms. The summed E-state index contributed by atoms with van der Waals surface area (Å²) in [5.41, 5.74) is 1.23. The van der Waals surface area contributed by atoms with Gasteiger partial charge >= 0.3 is 5.97 Å². The van der Waals surface area contributed by atoms with Gasteiger partial charge in [0.05, 0.1) is 19.6 Å². The zero-order valence-electron chi connectivity index (χ0n) is 8.54. The zero-order chi connectivity index (χ0) is 10.3. The quantitative estimate of drug-likeness (QED) is 0.524. The Labute approximate surface area is 79.4 Å². The molecule has 3 heteroatoms. The maximum absolute atomic E-state index is 10.7. The Morgan fingerprint density at radius 2 is 2.15 bits per heavy atom. The van der Waals surface area contributed by atoms with E-state index < -0.39 is 6.10 Å². The lowest BCUT2D eigenvalue weighted by atomic mass is 10.1. The lowest BCUT2D eigenvalue weighted by molar-refractivity contribution is -0.142. The van der Waals surface area contributed by atoms with Crippen LogP contribution in [0.1, 0.15) is 33.1 Å². The summed E-state index contributed by atoms with van der Waals surface area (Å²) in [6.45, 7) is 4.01. The van der Waals surface area contributed by atoms with Crippen molar-refractivity contribution in [2.45, 2.75) is 39.2 Å².